The van der Waals surface area contributed by atoms with Crippen LogP contribution in [0.25, 0.3) is 11.1 Å². The average Bonchev–Trinajstić information content (AvgIpc) is 2.56. The fourth-order valence-corrected chi connectivity index (χ4v) is 2.77. The summed E-state index contributed by atoms with van der Waals surface area (Å²) in [6.45, 7) is 0. The highest BCUT2D eigenvalue weighted by molar-refractivity contribution is 6.33. The van der Waals surface area contributed by atoms with Gasteiger partial charge in [-0.15, -0.1) is 0 Å². The van der Waals surface area contributed by atoms with Crippen molar-refractivity contribution in [3.8, 4) is 16.9 Å². The Bertz CT molecular complexity index is 763. The summed E-state index contributed by atoms with van der Waals surface area (Å²) in [4.78, 5) is 0. The summed E-state index contributed by atoms with van der Waals surface area (Å²) >= 11 is 6.29. The molecule has 3 rings (SSSR count). The van der Waals surface area contributed by atoms with Gasteiger partial charge in [0.25, 0.3) is 0 Å². The maximum absolute atomic E-state index is 6.29. The minimum atomic E-state index is 0.782. The zero-order chi connectivity index (χ0) is 15.4. The molecule has 0 aliphatic carbocycles. The van der Waals surface area contributed by atoms with Crippen LogP contribution in [0.1, 0.15) is 11.1 Å². The molecule has 0 amide bonds. The molecule has 0 spiro atoms. The molecule has 0 aliphatic heterocycles. The normalized spacial score (nSPS) is 10.5. The van der Waals surface area contributed by atoms with Crippen LogP contribution >= 0.6 is 11.6 Å². The predicted octanol–water partition coefficient (Wildman–Crippen LogP) is 5.61. The van der Waals surface area contributed by atoms with Gasteiger partial charge in [-0.2, -0.15) is 0 Å². The first-order valence-corrected chi connectivity index (χ1v) is 7.61. The molecule has 0 fully saturated rings. The lowest BCUT2D eigenvalue weighted by Crippen LogP contribution is -1.90. The van der Waals surface area contributed by atoms with E-state index in [1.54, 1.807) is 7.11 Å². The van der Waals surface area contributed by atoms with Crippen molar-refractivity contribution in [1.82, 2.24) is 0 Å². The first-order chi connectivity index (χ1) is 10.8. The molecule has 3 aromatic carbocycles. The Morgan fingerprint density at radius 3 is 2.32 bits per heavy atom. The molecule has 0 aromatic heterocycles. The fourth-order valence-electron chi connectivity index (χ4n) is 2.52. The molecular weight excluding hydrogens is 292 g/mol. The monoisotopic (exact) mass is 308 g/mol. The predicted molar refractivity (Wildman–Crippen MR) is 92.7 cm³/mol. The van der Waals surface area contributed by atoms with E-state index in [0.29, 0.717) is 0 Å². The van der Waals surface area contributed by atoms with Gasteiger partial charge in [-0.3, -0.25) is 0 Å². The number of hydrogen-bond acceptors (Lipinski definition) is 1. The Morgan fingerprint density at radius 2 is 1.59 bits per heavy atom. The average molecular weight is 309 g/mol. The van der Waals surface area contributed by atoms with E-state index in [1.165, 1.54) is 11.1 Å². The minimum absolute atomic E-state index is 0.782. The third-order valence-electron chi connectivity index (χ3n) is 3.68. The molecule has 0 unspecified atom stereocenters. The first-order valence-electron chi connectivity index (χ1n) is 7.23. The van der Waals surface area contributed by atoms with Crippen molar-refractivity contribution in [1.29, 1.82) is 0 Å². The Kier molecular flexibility index (Phi) is 4.45. The van der Waals surface area contributed by atoms with E-state index >= 15 is 0 Å². The van der Waals surface area contributed by atoms with Gasteiger partial charge in [0.05, 0.1) is 7.11 Å². The quantitative estimate of drug-likeness (QED) is 0.609. The lowest BCUT2D eigenvalue weighted by atomic mass is 9.99. The molecule has 22 heavy (non-hydrogen) atoms. The molecule has 0 N–H and O–H groups in total. The highest BCUT2D eigenvalue weighted by atomic mass is 35.5. The molecule has 3 aromatic rings. The second-order valence-corrected chi connectivity index (χ2v) is 5.61. The van der Waals surface area contributed by atoms with Crippen molar-refractivity contribution in [2.45, 2.75) is 6.42 Å². The van der Waals surface area contributed by atoms with Gasteiger partial charge in [-0.25, -0.2) is 0 Å². The molecule has 2 heteroatoms. The summed E-state index contributed by atoms with van der Waals surface area (Å²) < 4.78 is 5.19. The standard InChI is InChI=1S/C20H17ClO/c1-22-18-11-9-15(10-12-18)13-16-5-4-6-17(14-16)19-7-2-3-8-20(19)21/h2-12,14H,13H2,1H3. The van der Waals surface area contributed by atoms with Gasteiger partial charge in [0.2, 0.25) is 0 Å². The summed E-state index contributed by atoms with van der Waals surface area (Å²) in [6, 6.07) is 24.6. The fraction of sp³-hybridized carbons (Fsp3) is 0.100. The van der Waals surface area contributed by atoms with Gasteiger partial charge in [0, 0.05) is 10.6 Å². The van der Waals surface area contributed by atoms with Gasteiger partial charge >= 0.3 is 0 Å². The van der Waals surface area contributed by atoms with Crippen LogP contribution in [0.5, 0.6) is 5.75 Å². The molecule has 110 valence electrons. The number of methoxy groups -OCH3 is 1. The van der Waals surface area contributed by atoms with Crippen molar-refractivity contribution in [2.24, 2.45) is 0 Å². The van der Waals surface area contributed by atoms with Gasteiger partial charge < -0.3 is 4.74 Å². The van der Waals surface area contributed by atoms with Gasteiger partial charge in [-0.1, -0.05) is 66.2 Å². The van der Waals surface area contributed by atoms with Crippen molar-refractivity contribution in [3.05, 3.63) is 88.9 Å². The molecule has 0 atom stereocenters. The van der Waals surface area contributed by atoms with Gasteiger partial charge in [0.1, 0.15) is 5.75 Å². The maximum Gasteiger partial charge on any atom is 0.118 e. The van der Waals surface area contributed by atoms with Crippen LogP contribution < -0.4 is 4.74 Å². The number of halogens is 1. The molecule has 0 heterocycles. The molecule has 0 saturated heterocycles. The zero-order valence-corrected chi connectivity index (χ0v) is 13.2. The first kappa shape index (κ1) is 14.7. The molecule has 0 bridgehead atoms. The smallest absolute Gasteiger partial charge is 0.118 e. The third kappa shape index (κ3) is 3.32. The van der Waals surface area contributed by atoms with E-state index in [0.717, 1.165) is 28.3 Å². The Morgan fingerprint density at radius 1 is 0.818 bits per heavy atom. The lowest BCUT2D eigenvalue weighted by molar-refractivity contribution is 0.414. The molecule has 1 nitrogen and oxygen atoms in total. The minimum Gasteiger partial charge on any atom is -0.497 e. The van der Waals surface area contributed by atoms with Crippen LogP contribution in [0.15, 0.2) is 72.8 Å². The van der Waals surface area contributed by atoms with Crippen molar-refractivity contribution in [3.63, 3.8) is 0 Å². The van der Waals surface area contributed by atoms with E-state index in [9.17, 15) is 0 Å². The number of ether oxygens (including phenoxy) is 1. The van der Waals surface area contributed by atoms with Crippen LogP contribution in [0.3, 0.4) is 0 Å². The highest BCUT2D eigenvalue weighted by Crippen LogP contribution is 2.28. The molecule has 0 saturated carbocycles. The lowest BCUT2D eigenvalue weighted by Gasteiger charge is -2.08. The Hall–Kier alpha value is -2.25. The SMILES string of the molecule is COc1ccc(Cc2cccc(-c3ccccc3Cl)c2)cc1. The number of rotatable bonds is 4. The van der Waals surface area contributed by atoms with E-state index in [-0.39, 0.29) is 0 Å². The van der Waals surface area contributed by atoms with Crippen LogP contribution in [-0.2, 0) is 6.42 Å². The second-order valence-electron chi connectivity index (χ2n) is 5.21. The highest BCUT2D eigenvalue weighted by Gasteiger charge is 2.04. The summed E-state index contributed by atoms with van der Waals surface area (Å²) in [7, 11) is 1.68. The van der Waals surface area contributed by atoms with Crippen molar-refractivity contribution < 1.29 is 4.74 Å². The van der Waals surface area contributed by atoms with Crippen molar-refractivity contribution in [2.75, 3.05) is 7.11 Å². The maximum atomic E-state index is 6.29. The van der Waals surface area contributed by atoms with E-state index < -0.39 is 0 Å². The second kappa shape index (κ2) is 6.67. The number of hydrogen-bond donors (Lipinski definition) is 0. The van der Waals surface area contributed by atoms with Gasteiger partial charge in [0.15, 0.2) is 0 Å². The van der Waals surface area contributed by atoms with Crippen LogP contribution in [0, 0.1) is 0 Å². The summed E-state index contributed by atoms with van der Waals surface area (Å²) in [6.07, 6.45) is 0.891. The van der Waals surface area contributed by atoms with Crippen LogP contribution in [0.4, 0.5) is 0 Å². The van der Waals surface area contributed by atoms with Crippen molar-refractivity contribution >= 4 is 11.6 Å². The summed E-state index contributed by atoms with van der Waals surface area (Å²) in [5.41, 5.74) is 4.75. The van der Waals surface area contributed by atoms with Crippen LogP contribution in [-0.4, -0.2) is 7.11 Å². The van der Waals surface area contributed by atoms with E-state index in [4.69, 9.17) is 16.3 Å². The van der Waals surface area contributed by atoms with E-state index in [1.807, 2.05) is 30.3 Å². The largest absolute Gasteiger partial charge is 0.497 e. The Balaban J connectivity index is 1.86. The molecule has 0 radical (unpaired) electrons. The van der Waals surface area contributed by atoms with Crippen LogP contribution in [0.2, 0.25) is 5.02 Å². The molecule has 0 aliphatic rings. The summed E-state index contributed by atoms with van der Waals surface area (Å²) in [5, 5.41) is 0.782. The zero-order valence-electron chi connectivity index (χ0n) is 12.4. The van der Waals surface area contributed by atoms with E-state index in [2.05, 4.69) is 42.5 Å². The summed E-state index contributed by atoms with van der Waals surface area (Å²) in [5.74, 6) is 0.883. The third-order valence-corrected chi connectivity index (χ3v) is 4.01. The topological polar surface area (TPSA) is 9.23 Å². The Labute approximate surface area is 136 Å². The number of benzene rings is 3. The van der Waals surface area contributed by atoms with Gasteiger partial charge in [-0.05, 0) is 41.3 Å². The molecular formula is C20H17ClO.